The third-order valence-corrected chi connectivity index (χ3v) is 4.46. The van der Waals surface area contributed by atoms with Crippen LogP contribution < -0.4 is 10.2 Å². The lowest BCUT2D eigenvalue weighted by atomic mass is 10.1. The van der Waals surface area contributed by atoms with Crippen molar-refractivity contribution in [3.63, 3.8) is 0 Å². The third kappa shape index (κ3) is 3.41. The van der Waals surface area contributed by atoms with E-state index in [1.807, 2.05) is 12.1 Å². The second kappa shape index (κ2) is 6.12. The van der Waals surface area contributed by atoms with Crippen LogP contribution in [0, 0.1) is 5.92 Å². The van der Waals surface area contributed by atoms with Gasteiger partial charge in [0.1, 0.15) is 0 Å². The van der Waals surface area contributed by atoms with Gasteiger partial charge in [-0.15, -0.1) is 0 Å². The summed E-state index contributed by atoms with van der Waals surface area (Å²) in [5.41, 5.74) is 1.26. The summed E-state index contributed by atoms with van der Waals surface area (Å²) in [5.74, 6) is 0.859. The van der Waals surface area contributed by atoms with Gasteiger partial charge in [0.2, 0.25) is 0 Å². The van der Waals surface area contributed by atoms with E-state index in [0.717, 1.165) is 24.0 Å². The van der Waals surface area contributed by atoms with Gasteiger partial charge >= 0.3 is 0 Å². The Hall–Kier alpha value is -0.770. The van der Waals surface area contributed by atoms with Crippen molar-refractivity contribution < 1.29 is 0 Å². The van der Waals surface area contributed by atoms with E-state index in [2.05, 4.69) is 27.2 Å². The first-order chi connectivity index (χ1) is 9.31. The lowest BCUT2D eigenvalue weighted by molar-refractivity contribution is 0.225. The number of nitrogens with zero attached hydrogens (tertiary/aromatic N) is 2. The normalized spacial score (nSPS) is 24.9. The third-order valence-electron chi connectivity index (χ3n) is 4.22. The Labute approximate surface area is 120 Å². The number of hydrogen-bond donors (Lipinski definition) is 1. The van der Waals surface area contributed by atoms with Gasteiger partial charge in [0, 0.05) is 43.4 Å². The highest BCUT2D eigenvalue weighted by atomic mass is 35.5. The summed E-state index contributed by atoms with van der Waals surface area (Å²) in [7, 11) is 0. The Bertz CT molecular complexity index is 410. The van der Waals surface area contributed by atoms with Crippen molar-refractivity contribution >= 4 is 17.3 Å². The lowest BCUT2D eigenvalue weighted by Crippen LogP contribution is -2.48. The van der Waals surface area contributed by atoms with Gasteiger partial charge in [-0.2, -0.15) is 0 Å². The first-order valence-corrected chi connectivity index (χ1v) is 7.62. The van der Waals surface area contributed by atoms with E-state index in [1.54, 1.807) is 0 Å². The number of anilines is 1. The van der Waals surface area contributed by atoms with E-state index in [1.165, 1.54) is 44.8 Å². The number of rotatable bonds is 3. The lowest BCUT2D eigenvalue weighted by Gasteiger charge is -2.37. The van der Waals surface area contributed by atoms with Gasteiger partial charge in [0.15, 0.2) is 0 Å². The quantitative estimate of drug-likeness (QED) is 0.914. The number of halogens is 1. The molecule has 0 saturated carbocycles. The van der Waals surface area contributed by atoms with Gasteiger partial charge in [-0.05, 0) is 43.6 Å². The summed E-state index contributed by atoms with van der Waals surface area (Å²) < 4.78 is 0. The van der Waals surface area contributed by atoms with Crippen LogP contribution in [0.3, 0.4) is 0 Å². The molecule has 104 valence electrons. The number of hydrogen-bond acceptors (Lipinski definition) is 3. The number of piperazine rings is 1. The summed E-state index contributed by atoms with van der Waals surface area (Å²) in [4.78, 5) is 5.05. The molecular formula is C15H22ClN3. The number of benzene rings is 1. The van der Waals surface area contributed by atoms with Crippen molar-refractivity contribution in [1.29, 1.82) is 0 Å². The Balaban J connectivity index is 1.51. The number of nitrogens with one attached hydrogen (secondary N) is 1. The summed E-state index contributed by atoms with van der Waals surface area (Å²) in [6.07, 6.45) is 1.34. The fraction of sp³-hybridized carbons (Fsp3) is 0.600. The van der Waals surface area contributed by atoms with Crippen molar-refractivity contribution in [2.75, 3.05) is 50.7 Å². The molecule has 4 heteroatoms. The van der Waals surface area contributed by atoms with Crippen molar-refractivity contribution in [3.05, 3.63) is 29.3 Å². The Morgan fingerprint density at radius 2 is 2.05 bits per heavy atom. The van der Waals surface area contributed by atoms with Crippen LogP contribution in [0.25, 0.3) is 0 Å². The molecule has 2 saturated heterocycles. The summed E-state index contributed by atoms with van der Waals surface area (Å²) in [5, 5.41) is 4.28. The highest BCUT2D eigenvalue weighted by Crippen LogP contribution is 2.21. The molecule has 2 fully saturated rings. The molecule has 0 aliphatic carbocycles. The zero-order valence-corrected chi connectivity index (χ0v) is 12.1. The largest absolute Gasteiger partial charge is 0.369 e. The van der Waals surface area contributed by atoms with E-state index in [-0.39, 0.29) is 0 Å². The molecule has 3 rings (SSSR count). The molecule has 2 heterocycles. The molecule has 0 aromatic heterocycles. The Morgan fingerprint density at radius 1 is 1.21 bits per heavy atom. The smallest absolute Gasteiger partial charge is 0.0426 e. The average Bonchev–Trinajstić information content (AvgIpc) is 2.92. The fourth-order valence-corrected chi connectivity index (χ4v) is 3.28. The second-order valence-corrected chi connectivity index (χ2v) is 6.06. The van der Waals surface area contributed by atoms with E-state index < -0.39 is 0 Å². The molecular weight excluding hydrogens is 258 g/mol. The molecule has 1 aromatic carbocycles. The monoisotopic (exact) mass is 279 g/mol. The van der Waals surface area contributed by atoms with Crippen molar-refractivity contribution in [2.24, 2.45) is 5.92 Å². The highest BCUT2D eigenvalue weighted by Gasteiger charge is 2.22. The summed E-state index contributed by atoms with van der Waals surface area (Å²) in [6, 6.07) is 8.20. The molecule has 3 nitrogen and oxygen atoms in total. The first kappa shape index (κ1) is 13.2. The molecule has 0 radical (unpaired) electrons. The molecule has 2 aliphatic rings. The zero-order valence-electron chi connectivity index (χ0n) is 11.3. The Morgan fingerprint density at radius 3 is 2.74 bits per heavy atom. The van der Waals surface area contributed by atoms with Crippen LogP contribution >= 0.6 is 11.6 Å². The highest BCUT2D eigenvalue weighted by molar-refractivity contribution is 6.30. The van der Waals surface area contributed by atoms with Gasteiger partial charge in [0.05, 0.1) is 0 Å². The molecule has 0 amide bonds. The minimum Gasteiger partial charge on any atom is -0.369 e. The van der Waals surface area contributed by atoms with E-state index in [0.29, 0.717) is 0 Å². The van der Waals surface area contributed by atoms with Gasteiger partial charge in [-0.1, -0.05) is 17.7 Å². The fourth-order valence-electron chi connectivity index (χ4n) is 3.10. The van der Waals surface area contributed by atoms with Gasteiger partial charge in [0.25, 0.3) is 0 Å². The van der Waals surface area contributed by atoms with E-state index in [4.69, 9.17) is 11.6 Å². The summed E-state index contributed by atoms with van der Waals surface area (Å²) >= 11 is 6.06. The van der Waals surface area contributed by atoms with Crippen molar-refractivity contribution in [2.45, 2.75) is 6.42 Å². The zero-order chi connectivity index (χ0) is 13.1. The molecule has 2 aliphatic heterocycles. The maximum absolute atomic E-state index is 6.06. The molecule has 19 heavy (non-hydrogen) atoms. The molecule has 1 N–H and O–H groups in total. The van der Waals surface area contributed by atoms with E-state index in [9.17, 15) is 0 Å². The van der Waals surface area contributed by atoms with Crippen LogP contribution in [0.5, 0.6) is 0 Å². The predicted octanol–water partition coefficient (Wildman–Crippen LogP) is 2.07. The Kier molecular flexibility index (Phi) is 4.26. The molecule has 1 aromatic rings. The molecule has 0 spiro atoms. The van der Waals surface area contributed by atoms with Crippen LogP contribution in [-0.2, 0) is 0 Å². The minimum absolute atomic E-state index is 0.831. The van der Waals surface area contributed by atoms with Gasteiger partial charge in [-0.25, -0.2) is 0 Å². The maximum Gasteiger partial charge on any atom is 0.0426 e. The predicted molar refractivity (Wildman–Crippen MR) is 81.1 cm³/mol. The van der Waals surface area contributed by atoms with Crippen LogP contribution in [0.4, 0.5) is 5.69 Å². The van der Waals surface area contributed by atoms with Crippen molar-refractivity contribution in [1.82, 2.24) is 10.2 Å². The molecule has 1 unspecified atom stereocenters. The molecule has 1 atom stereocenters. The van der Waals surface area contributed by atoms with Crippen LogP contribution in [0.1, 0.15) is 6.42 Å². The van der Waals surface area contributed by atoms with Crippen LogP contribution in [0.15, 0.2) is 24.3 Å². The SMILES string of the molecule is Clc1cccc(N2CCN(CC3CCNC3)CC2)c1. The maximum atomic E-state index is 6.06. The second-order valence-electron chi connectivity index (χ2n) is 5.63. The van der Waals surface area contributed by atoms with Gasteiger partial charge < -0.3 is 10.2 Å². The standard InChI is InChI=1S/C15H22ClN3/c16-14-2-1-3-15(10-14)19-8-6-18(7-9-19)12-13-4-5-17-11-13/h1-3,10,13,17H,4-9,11-12H2. The van der Waals surface area contributed by atoms with Crippen LogP contribution in [-0.4, -0.2) is 50.7 Å². The summed E-state index contributed by atoms with van der Waals surface area (Å²) in [6.45, 7) is 8.23. The molecule has 0 bridgehead atoms. The topological polar surface area (TPSA) is 18.5 Å². The van der Waals surface area contributed by atoms with Crippen molar-refractivity contribution in [3.8, 4) is 0 Å². The first-order valence-electron chi connectivity index (χ1n) is 7.25. The van der Waals surface area contributed by atoms with E-state index >= 15 is 0 Å². The average molecular weight is 280 g/mol. The van der Waals surface area contributed by atoms with Gasteiger partial charge in [-0.3, -0.25) is 4.90 Å². The van der Waals surface area contributed by atoms with Crippen LogP contribution in [0.2, 0.25) is 5.02 Å². The minimum atomic E-state index is 0.831.